The molecule has 0 aromatic heterocycles. The molecular formula is C19H21NO6. The van der Waals surface area contributed by atoms with Crippen LogP contribution in [0.1, 0.15) is 17.2 Å². The van der Waals surface area contributed by atoms with Crippen LogP contribution in [0, 0.1) is 0 Å². The summed E-state index contributed by atoms with van der Waals surface area (Å²) in [5.74, 6) is 0.154. The van der Waals surface area contributed by atoms with Gasteiger partial charge in [-0.2, -0.15) is 0 Å². The van der Waals surface area contributed by atoms with Crippen LogP contribution in [0.5, 0.6) is 23.0 Å². The Kier molecular flexibility index (Phi) is 6.46. The Morgan fingerprint density at radius 1 is 1.08 bits per heavy atom. The molecule has 138 valence electrons. The zero-order valence-electron chi connectivity index (χ0n) is 14.5. The van der Waals surface area contributed by atoms with Gasteiger partial charge in [0, 0.05) is 12.6 Å². The lowest BCUT2D eigenvalue weighted by atomic mass is 10.1. The molecule has 1 atom stereocenters. The van der Waals surface area contributed by atoms with E-state index in [9.17, 15) is 20.1 Å². The fourth-order valence-electron chi connectivity index (χ4n) is 2.25. The van der Waals surface area contributed by atoms with Gasteiger partial charge in [-0.25, -0.2) is 0 Å². The van der Waals surface area contributed by atoms with E-state index in [0.717, 1.165) is 0 Å². The monoisotopic (exact) mass is 359 g/mol. The molecule has 2 rings (SSSR count). The van der Waals surface area contributed by atoms with E-state index in [1.165, 1.54) is 38.5 Å². The van der Waals surface area contributed by atoms with Crippen LogP contribution < -0.4 is 14.8 Å². The third kappa shape index (κ3) is 4.90. The number of aliphatic hydroxyl groups is 1. The normalized spacial score (nSPS) is 12.0. The first-order valence-corrected chi connectivity index (χ1v) is 7.82. The van der Waals surface area contributed by atoms with Crippen molar-refractivity contribution in [3.8, 4) is 23.0 Å². The molecule has 0 fully saturated rings. The van der Waals surface area contributed by atoms with Crippen molar-refractivity contribution in [3.05, 3.63) is 53.6 Å². The smallest absolute Gasteiger partial charge is 0.244 e. The van der Waals surface area contributed by atoms with E-state index in [0.29, 0.717) is 16.9 Å². The van der Waals surface area contributed by atoms with Gasteiger partial charge in [-0.15, -0.1) is 0 Å². The van der Waals surface area contributed by atoms with Crippen LogP contribution in [-0.4, -0.2) is 42.0 Å². The van der Waals surface area contributed by atoms with Crippen LogP contribution in [0.2, 0.25) is 0 Å². The third-order valence-electron chi connectivity index (χ3n) is 3.69. The van der Waals surface area contributed by atoms with E-state index in [1.54, 1.807) is 24.3 Å². The molecule has 0 radical (unpaired) electrons. The van der Waals surface area contributed by atoms with Crippen molar-refractivity contribution < 1.29 is 29.6 Å². The lowest BCUT2D eigenvalue weighted by molar-refractivity contribution is -0.116. The van der Waals surface area contributed by atoms with E-state index in [1.807, 2.05) is 0 Å². The SMILES string of the molecule is COc1cc(C=CC(=O)NCC(O)c2ccc(O)c(OC)c2)ccc1O. The second-order valence-electron chi connectivity index (χ2n) is 5.46. The molecule has 0 aliphatic heterocycles. The Morgan fingerprint density at radius 3 is 2.35 bits per heavy atom. The van der Waals surface area contributed by atoms with E-state index >= 15 is 0 Å². The summed E-state index contributed by atoms with van der Waals surface area (Å²) in [6, 6.07) is 9.17. The summed E-state index contributed by atoms with van der Waals surface area (Å²) in [6.45, 7) is -0.00397. The molecule has 4 N–H and O–H groups in total. The molecule has 0 saturated carbocycles. The Labute approximate surface area is 151 Å². The van der Waals surface area contributed by atoms with Crippen molar-refractivity contribution in [3.63, 3.8) is 0 Å². The van der Waals surface area contributed by atoms with E-state index in [-0.39, 0.29) is 29.7 Å². The maximum atomic E-state index is 11.9. The van der Waals surface area contributed by atoms with Gasteiger partial charge < -0.3 is 30.1 Å². The summed E-state index contributed by atoms with van der Waals surface area (Å²) >= 11 is 0. The lowest BCUT2D eigenvalue weighted by Crippen LogP contribution is -2.26. The average molecular weight is 359 g/mol. The van der Waals surface area contributed by atoms with Gasteiger partial charge in [0.25, 0.3) is 0 Å². The molecule has 0 aliphatic carbocycles. The molecule has 2 aromatic rings. The minimum absolute atomic E-state index is 0.00397. The maximum Gasteiger partial charge on any atom is 0.244 e. The lowest BCUT2D eigenvalue weighted by Gasteiger charge is -2.13. The van der Waals surface area contributed by atoms with Gasteiger partial charge in [0.15, 0.2) is 23.0 Å². The molecule has 7 heteroatoms. The highest BCUT2D eigenvalue weighted by molar-refractivity contribution is 5.91. The number of rotatable bonds is 7. The fourth-order valence-corrected chi connectivity index (χ4v) is 2.25. The van der Waals surface area contributed by atoms with Gasteiger partial charge in [-0.3, -0.25) is 4.79 Å². The zero-order valence-corrected chi connectivity index (χ0v) is 14.5. The van der Waals surface area contributed by atoms with Gasteiger partial charge in [-0.05, 0) is 41.5 Å². The molecule has 0 aliphatic rings. The number of amides is 1. The van der Waals surface area contributed by atoms with Gasteiger partial charge in [0.2, 0.25) is 5.91 Å². The number of hydrogen-bond donors (Lipinski definition) is 4. The number of ether oxygens (including phenoxy) is 2. The van der Waals surface area contributed by atoms with Crippen LogP contribution in [0.3, 0.4) is 0 Å². The van der Waals surface area contributed by atoms with Crippen molar-refractivity contribution in [2.24, 2.45) is 0 Å². The molecule has 26 heavy (non-hydrogen) atoms. The average Bonchev–Trinajstić information content (AvgIpc) is 2.65. The van der Waals surface area contributed by atoms with Gasteiger partial charge in [-0.1, -0.05) is 12.1 Å². The van der Waals surface area contributed by atoms with Crippen molar-refractivity contribution in [1.29, 1.82) is 0 Å². The number of hydrogen-bond acceptors (Lipinski definition) is 6. The van der Waals surface area contributed by atoms with Crippen LogP contribution in [0.25, 0.3) is 6.08 Å². The second-order valence-corrected chi connectivity index (χ2v) is 5.46. The molecule has 0 spiro atoms. The van der Waals surface area contributed by atoms with Crippen molar-refractivity contribution >= 4 is 12.0 Å². The number of benzene rings is 2. The highest BCUT2D eigenvalue weighted by Crippen LogP contribution is 2.29. The summed E-state index contributed by atoms with van der Waals surface area (Å²) in [4.78, 5) is 11.9. The Balaban J connectivity index is 1.93. The second kappa shape index (κ2) is 8.77. The molecule has 0 heterocycles. The van der Waals surface area contributed by atoms with Gasteiger partial charge in [0.05, 0.1) is 20.3 Å². The summed E-state index contributed by atoms with van der Waals surface area (Å²) in [5.41, 5.74) is 1.19. The Bertz CT molecular complexity index is 803. The summed E-state index contributed by atoms with van der Waals surface area (Å²) in [7, 11) is 2.85. The topological polar surface area (TPSA) is 108 Å². The Morgan fingerprint density at radius 2 is 1.69 bits per heavy atom. The quantitative estimate of drug-likeness (QED) is 0.563. The van der Waals surface area contributed by atoms with Crippen molar-refractivity contribution in [1.82, 2.24) is 5.32 Å². The first-order valence-electron chi connectivity index (χ1n) is 7.82. The number of methoxy groups -OCH3 is 2. The number of nitrogens with one attached hydrogen (secondary N) is 1. The van der Waals surface area contributed by atoms with E-state index < -0.39 is 6.10 Å². The number of phenolic OH excluding ortho intramolecular Hbond substituents is 2. The van der Waals surface area contributed by atoms with E-state index in [2.05, 4.69) is 5.32 Å². The van der Waals surface area contributed by atoms with Gasteiger partial charge >= 0.3 is 0 Å². The van der Waals surface area contributed by atoms with Crippen LogP contribution in [0.15, 0.2) is 42.5 Å². The molecule has 1 amide bonds. The first-order chi connectivity index (χ1) is 12.4. The molecule has 0 saturated heterocycles. The first kappa shape index (κ1) is 19.1. The fraction of sp³-hybridized carbons (Fsp3) is 0.211. The highest BCUT2D eigenvalue weighted by atomic mass is 16.5. The molecule has 0 bridgehead atoms. The van der Waals surface area contributed by atoms with Crippen molar-refractivity contribution in [2.75, 3.05) is 20.8 Å². The number of phenols is 2. The highest BCUT2D eigenvalue weighted by Gasteiger charge is 2.11. The molecule has 1 unspecified atom stereocenters. The van der Waals surface area contributed by atoms with Crippen LogP contribution in [-0.2, 0) is 4.79 Å². The minimum atomic E-state index is -0.949. The number of aromatic hydroxyl groups is 2. The largest absolute Gasteiger partial charge is 0.504 e. The maximum absolute atomic E-state index is 11.9. The van der Waals surface area contributed by atoms with Crippen LogP contribution in [0.4, 0.5) is 0 Å². The summed E-state index contributed by atoms with van der Waals surface area (Å²) < 4.78 is 9.99. The standard InChI is InChI=1S/C19H21NO6/c1-25-17-9-12(3-6-14(17)21)4-8-19(24)20-11-16(23)13-5-7-15(22)18(10-13)26-2/h3-10,16,21-23H,11H2,1-2H3,(H,20,24). The number of carbonyl (C=O) groups is 1. The number of carbonyl (C=O) groups excluding carboxylic acids is 1. The third-order valence-corrected chi connectivity index (χ3v) is 3.69. The molecule has 7 nitrogen and oxygen atoms in total. The Hall–Kier alpha value is -3.19. The number of aliphatic hydroxyl groups excluding tert-OH is 1. The summed E-state index contributed by atoms with van der Waals surface area (Å²) in [5, 5.41) is 31.8. The molecule has 2 aromatic carbocycles. The van der Waals surface area contributed by atoms with E-state index in [4.69, 9.17) is 9.47 Å². The predicted molar refractivity (Wildman–Crippen MR) is 96.3 cm³/mol. The van der Waals surface area contributed by atoms with Gasteiger partial charge in [0.1, 0.15) is 0 Å². The zero-order chi connectivity index (χ0) is 19.1. The minimum Gasteiger partial charge on any atom is -0.504 e. The summed E-state index contributed by atoms with van der Waals surface area (Å²) in [6.07, 6.45) is 1.93. The molecular weight excluding hydrogens is 338 g/mol. The van der Waals surface area contributed by atoms with Crippen LogP contribution >= 0.6 is 0 Å². The predicted octanol–water partition coefficient (Wildman–Crippen LogP) is 1.98. The van der Waals surface area contributed by atoms with Crippen molar-refractivity contribution in [2.45, 2.75) is 6.10 Å².